The summed E-state index contributed by atoms with van der Waals surface area (Å²) in [6.07, 6.45) is 8.53. The predicted octanol–water partition coefficient (Wildman–Crippen LogP) is 4.23. The van der Waals surface area contributed by atoms with Gasteiger partial charge in [-0.2, -0.15) is 15.1 Å². The van der Waals surface area contributed by atoms with Gasteiger partial charge in [0.15, 0.2) is 11.5 Å². The lowest BCUT2D eigenvalue weighted by Gasteiger charge is -2.24. The first-order valence-corrected chi connectivity index (χ1v) is 11.1. The van der Waals surface area contributed by atoms with Crippen LogP contribution in [-0.2, 0) is 7.05 Å². The van der Waals surface area contributed by atoms with Crippen molar-refractivity contribution in [2.24, 2.45) is 7.05 Å². The SMILES string of the molecule is Cn1nccc1-c1ccc(Nc2nc(NC3CCCC3)c3cc[nH]c3n2)c2c1OCCO2. The number of anilines is 3. The molecule has 3 N–H and O–H groups in total. The molecular formula is C23H25N7O2. The van der Waals surface area contributed by atoms with Crippen LogP contribution in [0.2, 0.25) is 0 Å². The van der Waals surface area contributed by atoms with Gasteiger partial charge < -0.3 is 25.1 Å². The molecule has 1 aliphatic carbocycles. The molecule has 0 bridgehead atoms. The minimum absolute atomic E-state index is 0.457. The zero-order valence-corrected chi connectivity index (χ0v) is 17.9. The van der Waals surface area contributed by atoms with Crippen molar-refractivity contribution in [2.45, 2.75) is 31.7 Å². The molecule has 1 fully saturated rings. The molecule has 0 spiro atoms. The van der Waals surface area contributed by atoms with Gasteiger partial charge in [0, 0.05) is 31.0 Å². The van der Waals surface area contributed by atoms with E-state index in [2.05, 4.69) is 25.7 Å². The Hall–Kier alpha value is -3.75. The molecule has 4 heterocycles. The van der Waals surface area contributed by atoms with Gasteiger partial charge in [0.25, 0.3) is 0 Å². The van der Waals surface area contributed by atoms with Crippen LogP contribution in [0.15, 0.2) is 36.7 Å². The summed E-state index contributed by atoms with van der Waals surface area (Å²) >= 11 is 0. The van der Waals surface area contributed by atoms with E-state index in [9.17, 15) is 0 Å². The van der Waals surface area contributed by atoms with Gasteiger partial charge in [0.05, 0.1) is 16.8 Å². The number of H-pyrrole nitrogens is 1. The number of ether oxygens (including phenoxy) is 2. The summed E-state index contributed by atoms with van der Waals surface area (Å²) in [6.45, 7) is 0.989. The lowest BCUT2D eigenvalue weighted by molar-refractivity contribution is 0.173. The fraction of sp³-hybridized carbons (Fsp3) is 0.348. The molecule has 1 aromatic carbocycles. The van der Waals surface area contributed by atoms with E-state index < -0.39 is 0 Å². The molecule has 1 saturated carbocycles. The van der Waals surface area contributed by atoms with E-state index in [1.54, 1.807) is 6.20 Å². The highest BCUT2D eigenvalue weighted by atomic mass is 16.6. The fourth-order valence-corrected chi connectivity index (χ4v) is 4.57. The van der Waals surface area contributed by atoms with Gasteiger partial charge in [0.1, 0.15) is 24.7 Å². The molecule has 32 heavy (non-hydrogen) atoms. The molecule has 1 aliphatic heterocycles. The van der Waals surface area contributed by atoms with Crippen molar-refractivity contribution < 1.29 is 9.47 Å². The average molecular weight is 432 g/mol. The van der Waals surface area contributed by atoms with Gasteiger partial charge in [-0.1, -0.05) is 12.8 Å². The third kappa shape index (κ3) is 3.30. The Bertz CT molecular complexity index is 1270. The Kier molecular flexibility index (Phi) is 4.59. The predicted molar refractivity (Wildman–Crippen MR) is 123 cm³/mol. The Labute approximate surface area is 185 Å². The van der Waals surface area contributed by atoms with Crippen molar-refractivity contribution in [3.05, 3.63) is 36.7 Å². The summed E-state index contributed by atoms with van der Waals surface area (Å²) in [7, 11) is 1.91. The number of nitrogens with one attached hydrogen (secondary N) is 3. The number of hydrogen-bond acceptors (Lipinski definition) is 7. The number of nitrogens with zero attached hydrogens (tertiary/aromatic N) is 4. The van der Waals surface area contributed by atoms with Crippen LogP contribution in [0, 0.1) is 0 Å². The van der Waals surface area contributed by atoms with Crippen molar-refractivity contribution in [2.75, 3.05) is 23.8 Å². The second-order valence-corrected chi connectivity index (χ2v) is 8.24. The Balaban J connectivity index is 1.38. The summed E-state index contributed by atoms with van der Waals surface area (Å²) in [5.41, 5.74) is 3.46. The molecule has 164 valence electrons. The Morgan fingerprint density at radius 2 is 1.88 bits per heavy atom. The normalized spacial score (nSPS) is 15.9. The molecule has 2 aliphatic rings. The molecule has 0 saturated heterocycles. The maximum atomic E-state index is 6.02. The lowest BCUT2D eigenvalue weighted by Crippen LogP contribution is -2.18. The van der Waals surface area contributed by atoms with E-state index in [1.165, 1.54) is 25.7 Å². The number of aromatic amines is 1. The van der Waals surface area contributed by atoms with Gasteiger partial charge in [-0.05, 0) is 37.1 Å². The number of benzene rings is 1. The number of hydrogen-bond donors (Lipinski definition) is 3. The van der Waals surface area contributed by atoms with Gasteiger partial charge in [-0.3, -0.25) is 4.68 Å². The molecule has 9 nitrogen and oxygen atoms in total. The van der Waals surface area contributed by atoms with Crippen molar-refractivity contribution >= 4 is 28.5 Å². The first-order valence-electron chi connectivity index (χ1n) is 11.1. The van der Waals surface area contributed by atoms with Gasteiger partial charge in [0.2, 0.25) is 5.95 Å². The maximum Gasteiger partial charge on any atom is 0.231 e. The molecule has 9 heteroatoms. The van der Waals surface area contributed by atoms with Crippen molar-refractivity contribution in [1.82, 2.24) is 24.7 Å². The molecule has 4 aromatic rings. The Morgan fingerprint density at radius 3 is 2.69 bits per heavy atom. The summed E-state index contributed by atoms with van der Waals surface area (Å²) in [5.74, 6) is 2.72. The highest BCUT2D eigenvalue weighted by molar-refractivity contribution is 5.89. The van der Waals surface area contributed by atoms with Crippen LogP contribution >= 0.6 is 0 Å². The van der Waals surface area contributed by atoms with Crippen LogP contribution in [0.3, 0.4) is 0 Å². The molecule has 0 atom stereocenters. The largest absolute Gasteiger partial charge is 0.485 e. The summed E-state index contributed by atoms with van der Waals surface area (Å²) < 4.78 is 13.9. The smallest absolute Gasteiger partial charge is 0.231 e. The zero-order valence-electron chi connectivity index (χ0n) is 17.9. The van der Waals surface area contributed by atoms with E-state index in [-0.39, 0.29) is 0 Å². The molecule has 0 unspecified atom stereocenters. The molecule has 0 radical (unpaired) electrons. The molecule has 3 aromatic heterocycles. The van der Waals surface area contributed by atoms with Crippen LogP contribution in [-0.4, -0.2) is 44.0 Å². The maximum absolute atomic E-state index is 6.02. The van der Waals surface area contributed by atoms with Gasteiger partial charge in [-0.15, -0.1) is 0 Å². The van der Waals surface area contributed by atoms with Crippen LogP contribution in [0.5, 0.6) is 11.5 Å². The van der Waals surface area contributed by atoms with E-state index in [0.29, 0.717) is 36.7 Å². The first kappa shape index (κ1) is 19.0. The highest BCUT2D eigenvalue weighted by Crippen LogP contribution is 2.45. The summed E-state index contributed by atoms with van der Waals surface area (Å²) in [5, 5.41) is 12.3. The average Bonchev–Trinajstić information content (AvgIpc) is 3.57. The second kappa shape index (κ2) is 7.74. The monoisotopic (exact) mass is 431 g/mol. The lowest BCUT2D eigenvalue weighted by atomic mass is 10.1. The summed E-state index contributed by atoms with van der Waals surface area (Å²) in [4.78, 5) is 12.7. The second-order valence-electron chi connectivity index (χ2n) is 8.24. The number of aromatic nitrogens is 5. The molecule has 6 rings (SSSR count). The van der Waals surface area contributed by atoms with Crippen molar-refractivity contribution in [1.29, 1.82) is 0 Å². The van der Waals surface area contributed by atoms with E-state index in [1.807, 2.05) is 42.2 Å². The quantitative estimate of drug-likeness (QED) is 0.435. The number of rotatable bonds is 5. The first-order chi connectivity index (χ1) is 15.8. The van der Waals surface area contributed by atoms with Crippen LogP contribution in [0.25, 0.3) is 22.3 Å². The van der Waals surface area contributed by atoms with Crippen LogP contribution in [0.1, 0.15) is 25.7 Å². The van der Waals surface area contributed by atoms with Crippen LogP contribution in [0.4, 0.5) is 17.5 Å². The topological polar surface area (TPSA) is 102 Å². The minimum Gasteiger partial charge on any atom is -0.485 e. The fourth-order valence-electron chi connectivity index (χ4n) is 4.57. The summed E-state index contributed by atoms with van der Waals surface area (Å²) in [6, 6.07) is 8.42. The standard InChI is InChI=1S/C23H25N7O2/c1-30-18(9-11-25-30)15-6-7-17(20-19(15)31-12-13-32-20)27-23-28-21-16(8-10-24-21)22(29-23)26-14-4-2-3-5-14/h6-11,14H,2-5,12-13H2,1H3,(H3,24,26,27,28,29). The van der Waals surface area contributed by atoms with Crippen molar-refractivity contribution in [3.63, 3.8) is 0 Å². The highest BCUT2D eigenvalue weighted by Gasteiger charge is 2.24. The Morgan fingerprint density at radius 1 is 1.03 bits per heavy atom. The number of aryl methyl sites for hydroxylation is 1. The van der Waals surface area contributed by atoms with Crippen LogP contribution < -0.4 is 20.1 Å². The van der Waals surface area contributed by atoms with E-state index in [4.69, 9.17) is 14.5 Å². The zero-order chi connectivity index (χ0) is 21.5. The van der Waals surface area contributed by atoms with E-state index >= 15 is 0 Å². The minimum atomic E-state index is 0.457. The van der Waals surface area contributed by atoms with Crippen molar-refractivity contribution in [3.8, 4) is 22.8 Å². The number of fused-ring (bicyclic) bond motifs is 2. The van der Waals surface area contributed by atoms with Gasteiger partial charge in [-0.25, -0.2) is 0 Å². The third-order valence-electron chi connectivity index (χ3n) is 6.14. The molecule has 0 amide bonds. The third-order valence-corrected chi connectivity index (χ3v) is 6.14. The molecular weight excluding hydrogens is 406 g/mol. The van der Waals surface area contributed by atoms with E-state index in [0.717, 1.165) is 33.8 Å². The van der Waals surface area contributed by atoms with Gasteiger partial charge >= 0.3 is 0 Å².